The van der Waals surface area contributed by atoms with Gasteiger partial charge in [0.15, 0.2) is 0 Å². The zero-order chi connectivity index (χ0) is 16.2. The van der Waals surface area contributed by atoms with E-state index in [4.69, 9.17) is 4.52 Å². The van der Waals surface area contributed by atoms with Crippen LogP contribution in [-0.2, 0) is 13.1 Å². The van der Waals surface area contributed by atoms with Crippen molar-refractivity contribution in [1.29, 1.82) is 0 Å². The highest BCUT2D eigenvalue weighted by Gasteiger charge is 2.18. The molecule has 3 aromatic heterocycles. The second kappa shape index (κ2) is 7.57. The molecule has 0 unspecified atom stereocenters. The lowest BCUT2D eigenvalue weighted by Gasteiger charge is -2.20. The Balaban J connectivity index is 1.32. The lowest BCUT2D eigenvalue weighted by molar-refractivity contribution is 0.222. The Labute approximate surface area is 149 Å². The lowest BCUT2D eigenvalue weighted by Crippen LogP contribution is -2.30. The van der Waals surface area contributed by atoms with Crippen molar-refractivity contribution in [3.63, 3.8) is 0 Å². The van der Waals surface area contributed by atoms with Crippen LogP contribution in [0.3, 0.4) is 0 Å². The van der Waals surface area contributed by atoms with E-state index >= 15 is 0 Å². The number of hydrogen-bond donors (Lipinski definition) is 0. The van der Waals surface area contributed by atoms with E-state index in [2.05, 4.69) is 37.5 Å². The van der Waals surface area contributed by atoms with Gasteiger partial charge in [0.25, 0.3) is 0 Å². The topological polar surface area (TPSA) is 45.4 Å². The van der Waals surface area contributed by atoms with Crippen LogP contribution in [0.2, 0.25) is 0 Å². The average Bonchev–Trinajstić information content (AvgIpc) is 3.31. The van der Waals surface area contributed by atoms with E-state index in [0.29, 0.717) is 11.7 Å². The molecule has 1 fully saturated rings. The summed E-state index contributed by atoms with van der Waals surface area (Å²) in [6, 6.07) is 8.38. The summed E-state index contributed by atoms with van der Waals surface area (Å²) in [5.41, 5.74) is 0. The molecule has 1 aliphatic rings. The predicted molar refractivity (Wildman–Crippen MR) is 97.1 cm³/mol. The van der Waals surface area contributed by atoms with E-state index in [1.807, 2.05) is 28.8 Å². The van der Waals surface area contributed by atoms with Crippen molar-refractivity contribution in [2.45, 2.75) is 19.5 Å². The summed E-state index contributed by atoms with van der Waals surface area (Å²) >= 11 is 3.48. The van der Waals surface area contributed by atoms with Gasteiger partial charge < -0.3 is 4.52 Å². The van der Waals surface area contributed by atoms with E-state index < -0.39 is 0 Å². The van der Waals surface area contributed by atoms with Gasteiger partial charge in [0.1, 0.15) is 0 Å². The van der Waals surface area contributed by atoms with Gasteiger partial charge in [0.2, 0.25) is 11.7 Å². The van der Waals surface area contributed by atoms with E-state index in [0.717, 1.165) is 44.1 Å². The quantitative estimate of drug-likeness (QED) is 0.696. The van der Waals surface area contributed by atoms with E-state index in [1.165, 1.54) is 11.3 Å². The van der Waals surface area contributed by atoms with Gasteiger partial charge in [-0.1, -0.05) is 17.3 Å². The molecule has 126 valence electrons. The first-order chi connectivity index (χ1) is 11.9. The minimum Gasteiger partial charge on any atom is -0.338 e. The molecular weight excluding hydrogens is 340 g/mol. The van der Waals surface area contributed by atoms with Crippen LogP contribution in [0.15, 0.2) is 39.5 Å². The molecule has 1 aliphatic heterocycles. The van der Waals surface area contributed by atoms with Gasteiger partial charge in [-0.05, 0) is 42.4 Å². The Morgan fingerprint density at radius 1 is 0.958 bits per heavy atom. The highest BCUT2D eigenvalue weighted by Crippen LogP contribution is 2.22. The molecule has 0 saturated carbocycles. The molecule has 0 radical (unpaired) electrons. The summed E-state index contributed by atoms with van der Waals surface area (Å²) in [6.45, 7) is 6.17. The molecule has 1 saturated heterocycles. The normalized spacial score (nSPS) is 17.2. The standard InChI is InChI=1S/C17H20N4OS2/c1-4-14(23-10-1)12-20-6-3-7-21(9-8-20)13-16-18-17(19-22-16)15-5-2-11-24-15/h1-2,4-5,10-11H,3,6-9,12-13H2. The highest BCUT2D eigenvalue weighted by atomic mass is 32.1. The van der Waals surface area contributed by atoms with Gasteiger partial charge in [-0.2, -0.15) is 4.98 Å². The summed E-state index contributed by atoms with van der Waals surface area (Å²) < 4.78 is 5.44. The zero-order valence-electron chi connectivity index (χ0n) is 13.4. The predicted octanol–water partition coefficient (Wildman–Crippen LogP) is 3.57. The van der Waals surface area contributed by atoms with Crippen molar-refractivity contribution in [3.8, 4) is 10.7 Å². The molecule has 0 N–H and O–H groups in total. The van der Waals surface area contributed by atoms with Crippen molar-refractivity contribution >= 4 is 22.7 Å². The minimum absolute atomic E-state index is 0.703. The fraction of sp³-hybridized carbons (Fsp3) is 0.412. The van der Waals surface area contributed by atoms with Crippen molar-refractivity contribution in [2.75, 3.05) is 26.2 Å². The van der Waals surface area contributed by atoms with E-state index in [9.17, 15) is 0 Å². The number of hydrogen-bond acceptors (Lipinski definition) is 7. The molecule has 0 atom stereocenters. The molecule has 0 bridgehead atoms. The van der Waals surface area contributed by atoms with Crippen LogP contribution >= 0.6 is 22.7 Å². The van der Waals surface area contributed by atoms with Crippen LogP contribution in [-0.4, -0.2) is 46.1 Å². The molecule has 4 heterocycles. The van der Waals surface area contributed by atoms with E-state index in [1.54, 1.807) is 11.3 Å². The third-order valence-corrected chi connectivity index (χ3v) is 5.94. The Morgan fingerprint density at radius 3 is 2.50 bits per heavy atom. The molecule has 5 nitrogen and oxygen atoms in total. The fourth-order valence-corrected chi connectivity index (χ4v) is 4.38. The first-order valence-electron chi connectivity index (χ1n) is 8.20. The average molecular weight is 361 g/mol. The molecular formula is C17H20N4OS2. The minimum atomic E-state index is 0.703. The summed E-state index contributed by atoms with van der Waals surface area (Å²) in [7, 11) is 0. The largest absolute Gasteiger partial charge is 0.338 e. The molecule has 0 aliphatic carbocycles. The summed E-state index contributed by atoms with van der Waals surface area (Å²) in [4.78, 5) is 12.0. The van der Waals surface area contributed by atoms with Crippen LogP contribution < -0.4 is 0 Å². The molecule has 3 aromatic rings. The van der Waals surface area contributed by atoms with Crippen molar-refractivity contribution in [2.24, 2.45) is 0 Å². The van der Waals surface area contributed by atoms with Crippen LogP contribution in [0.25, 0.3) is 10.7 Å². The monoisotopic (exact) mass is 360 g/mol. The van der Waals surface area contributed by atoms with Crippen LogP contribution in [0.4, 0.5) is 0 Å². The SMILES string of the molecule is c1csc(CN2CCCN(Cc3nc(-c4cccs4)no3)CC2)c1. The number of nitrogens with zero attached hydrogens (tertiary/aromatic N) is 4. The number of rotatable bonds is 5. The lowest BCUT2D eigenvalue weighted by atomic mass is 10.3. The van der Waals surface area contributed by atoms with Gasteiger partial charge >= 0.3 is 0 Å². The second-order valence-corrected chi connectivity index (χ2v) is 7.95. The molecule has 4 rings (SSSR count). The van der Waals surface area contributed by atoms with Gasteiger partial charge in [-0.25, -0.2) is 0 Å². The van der Waals surface area contributed by atoms with Crippen LogP contribution in [0.1, 0.15) is 17.2 Å². The summed E-state index contributed by atoms with van der Waals surface area (Å²) in [6.07, 6.45) is 1.18. The molecule has 0 spiro atoms. The van der Waals surface area contributed by atoms with Gasteiger partial charge in [-0.15, -0.1) is 22.7 Å². The van der Waals surface area contributed by atoms with Gasteiger partial charge in [-0.3, -0.25) is 9.80 Å². The highest BCUT2D eigenvalue weighted by molar-refractivity contribution is 7.13. The number of thiophene rings is 2. The Morgan fingerprint density at radius 2 is 1.75 bits per heavy atom. The molecule has 0 aromatic carbocycles. The van der Waals surface area contributed by atoms with Crippen molar-refractivity contribution < 1.29 is 4.52 Å². The van der Waals surface area contributed by atoms with Crippen molar-refractivity contribution in [3.05, 3.63) is 45.8 Å². The first-order valence-corrected chi connectivity index (χ1v) is 9.96. The molecule has 24 heavy (non-hydrogen) atoms. The smallest absolute Gasteiger partial charge is 0.241 e. The maximum absolute atomic E-state index is 5.44. The van der Waals surface area contributed by atoms with Gasteiger partial charge in [0, 0.05) is 24.5 Å². The maximum Gasteiger partial charge on any atom is 0.241 e. The first kappa shape index (κ1) is 16.0. The molecule has 7 heteroatoms. The summed E-state index contributed by atoms with van der Waals surface area (Å²) in [5.74, 6) is 1.42. The Hall–Kier alpha value is -1.54. The van der Waals surface area contributed by atoms with Gasteiger partial charge in [0.05, 0.1) is 11.4 Å². The summed E-state index contributed by atoms with van der Waals surface area (Å²) in [5, 5.41) is 8.28. The zero-order valence-corrected chi connectivity index (χ0v) is 15.1. The second-order valence-electron chi connectivity index (χ2n) is 5.97. The maximum atomic E-state index is 5.44. The van der Waals surface area contributed by atoms with Crippen LogP contribution in [0, 0.1) is 0 Å². The number of aromatic nitrogens is 2. The Bertz CT molecular complexity index is 739. The fourth-order valence-electron chi connectivity index (χ4n) is 2.98. The third kappa shape index (κ3) is 3.92. The van der Waals surface area contributed by atoms with Crippen molar-refractivity contribution in [1.82, 2.24) is 19.9 Å². The Kier molecular flexibility index (Phi) is 5.03. The molecule has 0 amide bonds. The third-order valence-electron chi connectivity index (χ3n) is 4.21. The van der Waals surface area contributed by atoms with E-state index in [-0.39, 0.29) is 0 Å². The van der Waals surface area contributed by atoms with Crippen LogP contribution in [0.5, 0.6) is 0 Å².